The number of para-hydroxylation sites is 2. The number of rotatable bonds is 4. The second-order valence-electron chi connectivity index (χ2n) is 4.84. The van der Waals surface area contributed by atoms with Crippen molar-refractivity contribution in [2.75, 3.05) is 0 Å². The summed E-state index contributed by atoms with van der Waals surface area (Å²) in [7, 11) is 0. The second kappa shape index (κ2) is 6.06. The summed E-state index contributed by atoms with van der Waals surface area (Å²) in [5.41, 5.74) is 2.10. The van der Waals surface area contributed by atoms with Gasteiger partial charge in [-0.05, 0) is 50.4 Å². The van der Waals surface area contributed by atoms with Crippen LogP contribution in [0.4, 0.5) is 0 Å². The van der Waals surface area contributed by atoms with Gasteiger partial charge in [-0.15, -0.1) is 11.3 Å². The summed E-state index contributed by atoms with van der Waals surface area (Å²) in [4.78, 5) is 5.41. The maximum Gasteiger partial charge on any atom is 0.210 e. The Morgan fingerprint density at radius 2 is 1.91 bits per heavy atom. The SMILES string of the molecule is CCn1c(O)c(/C=C/c2nc3ccccc3n2CC)sc1=S. The van der Waals surface area contributed by atoms with E-state index in [9.17, 15) is 5.11 Å². The van der Waals surface area contributed by atoms with Crippen LogP contribution in [0, 0.1) is 3.95 Å². The molecule has 0 spiro atoms. The summed E-state index contributed by atoms with van der Waals surface area (Å²) in [6, 6.07) is 8.08. The van der Waals surface area contributed by atoms with Crippen LogP contribution in [0.2, 0.25) is 0 Å². The largest absolute Gasteiger partial charge is 0.493 e. The third-order valence-corrected chi connectivity index (χ3v) is 5.00. The number of hydrogen-bond acceptors (Lipinski definition) is 4. The topological polar surface area (TPSA) is 43.0 Å². The van der Waals surface area contributed by atoms with Crippen molar-refractivity contribution in [2.24, 2.45) is 0 Å². The van der Waals surface area contributed by atoms with Crippen LogP contribution in [-0.2, 0) is 13.1 Å². The smallest absolute Gasteiger partial charge is 0.210 e. The normalized spacial score (nSPS) is 11.7. The number of thiazole rings is 1. The van der Waals surface area contributed by atoms with Crippen molar-refractivity contribution < 1.29 is 5.11 Å². The first-order valence-corrected chi connectivity index (χ1v) is 8.44. The molecule has 6 heteroatoms. The Kier molecular flexibility index (Phi) is 4.13. The highest BCUT2D eigenvalue weighted by molar-refractivity contribution is 7.73. The molecule has 1 N–H and O–H groups in total. The highest BCUT2D eigenvalue weighted by atomic mass is 32.1. The molecule has 0 aliphatic heterocycles. The molecule has 114 valence electrons. The molecule has 1 aromatic carbocycles. The molecule has 4 nitrogen and oxygen atoms in total. The number of fused-ring (bicyclic) bond motifs is 1. The van der Waals surface area contributed by atoms with Crippen molar-refractivity contribution in [3.05, 3.63) is 38.9 Å². The van der Waals surface area contributed by atoms with E-state index in [0.29, 0.717) is 10.5 Å². The molecule has 22 heavy (non-hydrogen) atoms. The van der Waals surface area contributed by atoms with Crippen LogP contribution in [-0.4, -0.2) is 19.2 Å². The minimum atomic E-state index is 0.230. The van der Waals surface area contributed by atoms with E-state index in [0.717, 1.165) is 28.3 Å². The number of aromatic nitrogens is 3. The summed E-state index contributed by atoms with van der Waals surface area (Å²) in [6.07, 6.45) is 3.82. The Hall–Kier alpha value is -1.92. The third kappa shape index (κ3) is 2.48. The molecule has 0 bridgehead atoms. The average Bonchev–Trinajstić information content (AvgIpc) is 3.01. The maximum atomic E-state index is 10.2. The van der Waals surface area contributed by atoms with E-state index in [1.165, 1.54) is 11.3 Å². The lowest BCUT2D eigenvalue weighted by atomic mass is 10.3. The molecule has 0 radical (unpaired) electrons. The maximum absolute atomic E-state index is 10.2. The fraction of sp³-hybridized carbons (Fsp3) is 0.250. The van der Waals surface area contributed by atoms with Crippen molar-refractivity contribution in [1.29, 1.82) is 0 Å². The molecule has 3 rings (SSSR count). The highest BCUT2D eigenvalue weighted by Crippen LogP contribution is 2.28. The molecule has 0 amide bonds. The van der Waals surface area contributed by atoms with Crippen LogP contribution in [0.25, 0.3) is 23.2 Å². The van der Waals surface area contributed by atoms with Gasteiger partial charge in [0.05, 0.1) is 15.9 Å². The van der Waals surface area contributed by atoms with Crippen molar-refractivity contribution in [1.82, 2.24) is 14.1 Å². The molecule has 0 atom stereocenters. The summed E-state index contributed by atoms with van der Waals surface area (Å²) in [5.74, 6) is 1.11. The van der Waals surface area contributed by atoms with Crippen molar-refractivity contribution in [3.63, 3.8) is 0 Å². The lowest BCUT2D eigenvalue weighted by Gasteiger charge is -2.02. The quantitative estimate of drug-likeness (QED) is 0.714. The first-order chi connectivity index (χ1) is 10.7. The number of aromatic hydroxyl groups is 1. The number of hydrogen-bond donors (Lipinski definition) is 1. The zero-order valence-corrected chi connectivity index (χ0v) is 14.1. The summed E-state index contributed by atoms with van der Waals surface area (Å²) < 4.78 is 4.56. The number of benzene rings is 1. The zero-order chi connectivity index (χ0) is 15.7. The minimum absolute atomic E-state index is 0.230. The van der Waals surface area contributed by atoms with Gasteiger partial charge in [-0.2, -0.15) is 0 Å². The Morgan fingerprint density at radius 3 is 2.59 bits per heavy atom. The van der Waals surface area contributed by atoms with Gasteiger partial charge in [-0.3, -0.25) is 4.57 Å². The minimum Gasteiger partial charge on any atom is -0.493 e. The fourth-order valence-electron chi connectivity index (χ4n) is 2.51. The van der Waals surface area contributed by atoms with Crippen LogP contribution >= 0.6 is 23.6 Å². The lowest BCUT2D eigenvalue weighted by Crippen LogP contribution is -1.96. The first-order valence-electron chi connectivity index (χ1n) is 7.21. The highest BCUT2D eigenvalue weighted by Gasteiger charge is 2.09. The summed E-state index contributed by atoms with van der Waals surface area (Å²) in [5, 5.41) is 10.2. The molecule has 0 aliphatic rings. The first kappa shape index (κ1) is 15.0. The Bertz CT molecular complexity index is 902. The fourth-order valence-corrected chi connectivity index (χ4v) is 3.84. The van der Waals surface area contributed by atoms with Gasteiger partial charge in [-0.1, -0.05) is 12.1 Å². The van der Waals surface area contributed by atoms with Gasteiger partial charge in [-0.25, -0.2) is 4.98 Å². The molecule has 0 saturated heterocycles. The van der Waals surface area contributed by atoms with E-state index in [1.807, 2.05) is 37.3 Å². The van der Waals surface area contributed by atoms with Gasteiger partial charge in [0.2, 0.25) is 5.88 Å². The molecule has 0 unspecified atom stereocenters. The summed E-state index contributed by atoms with van der Waals surface area (Å²) >= 11 is 6.67. The van der Waals surface area contributed by atoms with Crippen LogP contribution in [0.5, 0.6) is 5.88 Å². The number of imidazole rings is 1. The van der Waals surface area contributed by atoms with E-state index in [1.54, 1.807) is 4.57 Å². The zero-order valence-electron chi connectivity index (χ0n) is 12.5. The molecule has 0 aliphatic carbocycles. The Labute approximate surface area is 138 Å². The predicted octanol–water partition coefficient (Wildman–Crippen LogP) is 4.54. The van der Waals surface area contributed by atoms with Crippen LogP contribution in [0.3, 0.4) is 0 Å². The van der Waals surface area contributed by atoms with E-state index >= 15 is 0 Å². The van der Waals surface area contributed by atoms with Gasteiger partial charge < -0.3 is 9.67 Å². The third-order valence-electron chi connectivity index (χ3n) is 3.59. The predicted molar refractivity (Wildman–Crippen MR) is 94.8 cm³/mol. The van der Waals surface area contributed by atoms with Gasteiger partial charge in [0.25, 0.3) is 0 Å². The van der Waals surface area contributed by atoms with Crippen molar-refractivity contribution in [2.45, 2.75) is 26.9 Å². The molecule has 2 heterocycles. The van der Waals surface area contributed by atoms with Crippen molar-refractivity contribution >= 4 is 46.7 Å². The van der Waals surface area contributed by atoms with Gasteiger partial charge in [0, 0.05) is 13.1 Å². The van der Waals surface area contributed by atoms with Crippen LogP contribution in [0.15, 0.2) is 24.3 Å². The number of aryl methyl sites for hydroxylation is 1. The van der Waals surface area contributed by atoms with Gasteiger partial charge in [0.1, 0.15) is 5.82 Å². The van der Waals surface area contributed by atoms with E-state index in [2.05, 4.69) is 22.5 Å². The Balaban J connectivity index is 2.04. The van der Waals surface area contributed by atoms with E-state index < -0.39 is 0 Å². The second-order valence-corrected chi connectivity index (χ2v) is 6.51. The lowest BCUT2D eigenvalue weighted by molar-refractivity contribution is 0.419. The average molecular weight is 331 g/mol. The monoisotopic (exact) mass is 331 g/mol. The molecule has 0 fully saturated rings. The van der Waals surface area contributed by atoms with E-state index in [4.69, 9.17) is 12.2 Å². The summed E-state index contributed by atoms with van der Waals surface area (Å²) in [6.45, 7) is 5.58. The number of nitrogens with zero attached hydrogens (tertiary/aromatic N) is 3. The molecule has 2 aromatic heterocycles. The van der Waals surface area contributed by atoms with Crippen LogP contribution < -0.4 is 0 Å². The molecule has 3 aromatic rings. The van der Waals surface area contributed by atoms with E-state index in [-0.39, 0.29) is 5.88 Å². The molecule has 0 saturated carbocycles. The van der Waals surface area contributed by atoms with Gasteiger partial charge in [0.15, 0.2) is 3.95 Å². The molecular weight excluding hydrogens is 314 g/mol. The van der Waals surface area contributed by atoms with Gasteiger partial charge >= 0.3 is 0 Å². The van der Waals surface area contributed by atoms with Crippen LogP contribution in [0.1, 0.15) is 24.5 Å². The van der Waals surface area contributed by atoms with Crippen molar-refractivity contribution in [3.8, 4) is 5.88 Å². The molecular formula is C16H17N3OS2. The Morgan fingerprint density at radius 1 is 1.18 bits per heavy atom. The standard InChI is InChI=1S/C16H17N3OS2/c1-3-18-12-8-6-5-7-11(12)17-14(18)10-9-13-15(20)19(4-2)16(21)22-13/h5-10,20H,3-4H2,1-2H3/b10-9+.